The van der Waals surface area contributed by atoms with E-state index in [1.165, 1.54) is 35.6 Å². The number of nitrogens with zero attached hydrogens (tertiary/aromatic N) is 1. The van der Waals surface area contributed by atoms with E-state index in [2.05, 4.69) is 0 Å². The number of benzene rings is 2. The van der Waals surface area contributed by atoms with Gasteiger partial charge in [-0.15, -0.1) is 11.3 Å². The Morgan fingerprint density at radius 3 is 2.67 bits per heavy atom. The second kappa shape index (κ2) is 7.11. The second-order valence-electron chi connectivity index (χ2n) is 5.37. The Morgan fingerprint density at radius 2 is 1.96 bits per heavy atom. The molecular weight excluding hydrogens is 347 g/mol. The highest BCUT2D eigenvalue weighted by Gasteiger charge is 2.10. The Morgan fingerprint density at radius 1 is 1.21 bits per heavy atom. The lowest BCUT2D eigenvalue weighted by atomic mass is 10.1. The van der Waals surface area contributed by atoms with Gasteiger partial charge in [0.25, 0.3) is 0 Å². The Hall–Kier alpha value is -2.24. The lowest BCUT2D eigenvalue weighted by molar-refractivity contribution is 0.0971. The van der Waals surface area contributed by atoms with Gasteiger partial charge in [0.1, 0.15) is 5.82 Å². The fourth-order valence-corrected chi connectivity index (χ4v) is 3.49. The summed E-state index contributed by atoms with van der Waals surface area (Å²) in [6, 6.07) is 13.0. The average Bonchev–Trinajstić information content (AvgIpc) is 2.87. The fraction of sp³-hybridized carbons (Fsp3) is 0.111. The molecule has 122 valence electrons. The molecule has 3 aromatic rings. The zero-order valence-corrected chi connectivity index (χ0v) is 14.2. The first-order chi connectivity index (χ1) is 11.5. The topological polar surface area (TPSA) is 45.9 Å². The van der Waals surface area contributed by atoms with Crippen LogP contribution in [0.15, 0.2) is 54.7 Å². The van der Waals surface area contributed by atoms with Crippen molar-refractivity contribution in [3.63, 3.8) is 0 Å². The van der Waals surface area contributed by atoms with Gasteiger partial charge in [0, 0.05) is 28.1 Å². The molecule has 0 amide bonds. The van der Waals surface area contributed by atoms with Crippen molar-refractivity contribution in [2.45, 2.75) is 13.0 Å². The second-order valence-corrected chi connectivity index (χ2v) is 6.92. The van der Waals surface area contributed by atoms with E-state index in [-0.39, 0.29) is 18.1 Å². The first-order valence-electron chi connectivity index (χ1n) is 7.28. The van der Waals surface area contributed by atoms with Gasteiger partial charge in [-0.3, -0.25) is 10.2 Å². The molecule has 1 N–H and O–H groups in total. The van der Waals surface area contributed by atoms with Crippen LogP contribution in [0.4, 0.5) is 4.39 Å². The van der Waals surface area contributed by atoms with E-state index in [4.69, 9.17) is 17.0 Å². The molecule has 0 fully saturated rings. The highest BCUT2D eigenvalue weighted by molar-refractivity contribution is 7.09. The average molecular weight is 361 g/mol. The van der Waals surface area contributed by atoms with Crippen molar-refractivity contribution in [2.75, 3.05) is 0 Å². The molecule has 24 heavy (non-hydrogen) atoms. The smallest absolute Gasteiger partial charge is 0.182 e. The van der Waals surface area contributed by atoms with Crippen molar-refractivity contribution in [3.8, 4) is 0 Å². The van der Waals surface area contributed by atoms with Crippen LogP contribution in [0.2, 0.25) is 5.02 Å². The number of nitrogens with one attached hydrogen (secondary N) is 1. The van der Waals surface area contributed by atoms with Crippen molar-refractivity contribution in [1.82, 2.24) is 4.57 Å². The van der Waals surface area contributed by atoms with E-state index >= 15 is 0 Å². The normalized spacial score (nSPS) is 10.8. The van der Waals surface area contributed by atoms with Crippen molar-refractivity contribution in [3.05, 3.63) is 86.4 Å². The predicted octanol–water partition coefficient (Wildman–Crippen LogP) is 4.30. The molecule has 0 saturated carbocycles. The number of hydrogen-bond donors (Lipinski definition) is 1. The van der Waals surface area contributed by atoms with E-state index in [9.17, 15) is 9.18 Å². The highest BCUT2D eigenvalue weighted by Crippen LogP contribution is 2.16. The molecule has 0 unspecified atom stereocenters. The van der Waals surface area contributed by atoms with Crippen molar-refractivity contribution in [2.24, 2.45) is 0 Å². The summed E-state index contributed by atoms with van der Waals surface area (Å²) in [6.45, 7) is 0.0660. The predicted molar refractivity (Wildman–Crippen MR) is 93.2 cm³/mol. The molecule has 0 aliphatic heterocycles. The molecule has 6 heteroatoms. The number of carbonyl (C=O) groups is 1. The van der Waals surface area contributed by atoms with E-state index in [0.717, 1.165) is 10.4 Å². The van der Waals surface area contributed by atoms with E-state index in [0.29, 0.717) is 21.8 Å². The number of thiazole rings is 1. The number of halogens is 2. The summed E-state index contributed by atoms with van der Waals surface area (Å²) in [7, 11) is 0. The quantitative estimate of drug-likeness (QED) is 0.677. The van der Waals surface area contributed by atoms with E-state index in [1.54, 1.807) is 4.57 Å². The van der Waals surface area contributed by atoms with Gasteiger partial charge in [-0.2, -0.15) is 0 Å². The summed E-state index contributed by atoms with van der Waals surface area (Å²) in [5, 5.41) is 8.71. The van der Waals surface area contributed by atoms with Gasteiger partial charge in [0.15, 0.2) is 10.6 Å². The van der Waals surface area contributed by atoms with Crippen LogP contribution in [-0.4, -0.2) is 10.4 Å². The Balaban J connectivity index is 1.75. The van der Waals surface area contributed by atoms with Crippen LogP contribution < -0.4 is 4.80 Å². The number of Topliss-reactive ketones (excluding diaryl/α,β-unsaturated/α-hetero) is 1. The van der Waals surface area contributed by atoms with E-state index < -0.39 is 0 Å². The molecule has 0 radical (unpaired) electrons. The Labute approximate surface area is 147 Å². The largest absolute Gasteiger partial charge is 0.316 e. The summed E-state index contributed by atoms with van der Waals surface area (Å²) >= 11 is 7.31. The maximum atomic E-state index is 12.9. The fourth-order valence-electron chi connectivity index (χ4n) is 2.37. The molecule has 3 nitrogen and oxygen atoms in total. The van der Waals surface area contributed by atoms with Crippen LogP contribution in [0.3, 0.4) is 0 Å². The molecule has 0 atom stereocenters. The van der Waals surface area contributed by atoms with Gasteiger partial charge in [0.2, 0.25) is 0 Å². The third-order valence-electron chi connectivity index (χ3n) is 3.54. The van der Waals surface area contributed by atoms with Crippen molar-refractivity contribution in [1.29, 1.82) is 5.41 Å². The zero-order chi connectivity index (χ0) is 17.1. The molecule has 3 rings (SSSR count). The maximum absolute atomic E-state index is 12.9. The Bertz CT molecular complexity index is 931. The van der Waals surface area contributed by atoms with Crippen molar-refractivity contribution >= 4 is 28.7 Å². The number of carbonyl (C=O) groups excluding carboxylic acids is 1. The third-order valence-corrected chi connectivity index (χ3v) is 4.71. The minimum atomic E-state index is -0.375. The van der Waals surface area contributed by atoms with Crippen LogP contribution in [0.5, 0.6) is 0 Å². The van der Waals surface area contributed by atoms with Gasteiger partial charge >= 0.3 is 0 Å². The van der Waals surface area contributed by atoms with Gasteiger partial charge in [-0.05, 0) is 42.0 Å². The highest BCUT2D eigenvalue weighted by atomic mass is 35.5. The SMILES string of the molecule is N=c1sc(Cc2cccc(Cl)c2)cn1CC(=O)c1ccc(F)cc1. The van der Waals surface area contributed by atoms with Gasteiger partial charge in [-0.25, -0.2) is 4.39 Å². The summed E-state index contributed by atoms with van der Waals surface area (Å²) < 4.78 is 14.5. The van der Waals surface area contributed by atoms with Crippen LogP contribution >= 0.6 is 22.9 Å². The summed E-state index contributed by atoms with van der Waals surface area (Å²) in [5.41, 5.74) is 1.49. The van der Waals surface area contributed by atoms with Gasteiger partial charge in [-0.1, -0.05) is 23.7 Å². The lowest BCUT2D eigenvalue weighted by Gasteiger charge is -2.02. The third kappa shape index (κ3) is 3.99. The van der Waals surface area contributed by atoms with Crippen molar-refractivity contribution < 1.29 is 9.18 Å². The molecule has 1 aromatic heterocycles. The Kier molecular flexibility index (Phi) is 4.92. The van der Waals surface area contributed by atoms with Gasteiger partial charge < -0.3 is 4.57 Å². The lowest BCUT2D eigenvalue weighted by Crippen LogP contribution is -2.18. The standard InChI is InChI=1S/C18H14ClFN2OS/c19-14-3-1-2-12(8-14)9-16-10-22(18(21)24-16)11-17(23)13-4-6-15(20)7-5-13/h1-8,10,21H,9,11H2. The molecule has 2 aromatic carbocycles. The molecule has 0 aliphatic rings. The van der Waals surface area contributed by atoms with Crippen LogP contribution in [-0.2, 0) is 13.0 Å². The molecule has 0 spiro atoms. The minimum absolute atomic E-state index is 0.0660. The number of ketones is 1. The minimum Gasteiger partial charge on any atom is -0.316 e. The summed E-state index contributed by atoms with van der Waals surface area (Å²) in [6.07, 6.45) is 2.48. The van der Waals surface area contributed by atoms with Gasteiger partial charge in [0.05, 0.1) is 6.54 Å². The number of hydrogen-bond acceptors (Lipinski definition) is 3. The molecule has 0 aliphatic carbocycles. The first kappa shape index (κ1) is 16.6. The van der Waals surface area contributed by atoms with E-state index in [1.807, 2.05) is 30.5 Å². The maximum Gasteiger partial charge on any atom is 0.182 e. The van der Waals surface area contributed by atoms with Crippen LogP contribution in [0.1, 0.15) is 20.8 Å². The molecule has 1 heterocycles. The summed E-state index contributed by atoms with van der Waals surface area (Å²) in [4.78, 5) is 13.5. The first-order valence-corrected chi connectivity index (χ1v) is 8.47. The molecular formula is C18H14ClFN2OS. The zero-order valence-electron chi connectivity index (χ0n) is 12.6. The molecule has 0 bridgehead atoms. The van der Waals surface area contributed by atoms with Crippen LogP contribution in [0, 0.1) is 11.2 Å². The molecule has 0 saturated heterocycles. The summed E-state index contributed by atoms with van der Waals surface area (Å²) in [5.74, 6) is -0.527. The number of rotatable bonds is 5. The van der Waals surface area contributed by atoms with Crippen LogP contribution in [0.25, 0.3) is 0 Å². The number of aromatic nitrogens is 1. The monoisotopic (exact) mass is 360 g/mol.